The molecule has 2 aromatic carbocycles. The molecule has 0 atom stereocenters. The Hall–Kier alpha value is -3.12. The van der Waals surface area contributed by atoms with Crippen LogP contribution in [0.3, 0.4) is 0 Å². The molecule has 6 heteroatoms. The highest BCUT2D eigenvalue weighted by Crippen LogP contribution is 2.27. The van der Waals surface area contributed by atoms with Gasteiger partial charge in [0.2, 0.25) is 5.76 Å². The van der Waals surface area contributed by atoms with Gasteiger partial charge in [-0.15, -0.1) is 0 Å². The fourth-order valence-electron chi connectivity index (χ4n) is 2.99. The van der Waals surface area contributed by atoms with Crippen molar-refractivity contribution in [2.24, 2.45) is 0 Å². The Labute approximate surface area is 163 Å². The molecular weight excluding hydrogens is 358 g/mol. The average Bonchev–Trinajstić information content (AvgIpc) is 3.10. The summed E-state index contributed by atoms with van der Waals surface area (Å²) in [6.07, 6.45) is 0. The first kappa shape index (κ1) is 19.6. The zero-order valence-electron chi connectivity index (χ0n) is 16.0. The maximum Gasteiger partial charge on any atom is 0.375 e. The number of carbonyl (C=O) groups is 2. The topological polar surface area (TPSA) is 69.0 Å². The van der Waals surface area contributed by atoms with Gasteiger partial charge in [0.05, 0.1) is 6.61 Å². The third-order valence-electron chi connectivity index (χ3n) is 4.35. The second-order valence-corrected chi connectivity index (χ2v) is 6.09. The van der Waals surface area contributed by atoms with Gasteiger partial charge in [0.1, 0.15) is 5.58 Å². The third-order valence-corrected chi connectivity index (χ3v) is 4.35. The minimum atomic E-state index is -0.677. The number of amides is 1. The second-order valence-electron chi connectivity index (χ2n) is 6.09. The van der Waals surface area contributed by atoms with E-state index in [0.717, 1.165) is 11.1 Å². The van der Waals surface area contributed by atoms with Crippen LogP contribution in [-0.2, 0) is 20.9 Å². The van der Waals surface area contributed by atoms with Crippen molar-refractivity contribution >= 4 is 28.5 Å². The fraction of sp³-hybridized carbons (Fsp3) is 0.273. The molecule has 28 heavy (non-hydrogen) atoms. The van der Waals surface area contributed by atoms with Crippen molar-refractivity contribution in [1.82, 2.24) is 0 Å². The third kappa shape index (κ3) is 4.23. The molecule has 0 fully saturated rings. The van der Waals surface area contributed by atoms with Crippen LogP contribution in [0, 0.1) is 0 Å². The SMILES string of the molecule is CCOCc1c(C(=O)OCC(=O)N(CC)c2ccccc2)oc2ccccc12. The molecule has 0 aliphatic heterocycles. The highest BCUT2D eigenvalue weighted by Gasteiger charge is 2.23. The van der Waals surface area contributed by atoms with Crippen LogP contribution in [-0.4, -0.2) is 31.6 Å². The molecule has 0 N–H and O–H groups in total. The number of hydrogen-bond donors (Lipinski definition) is 0. The van der Waals surface area contributed by atoms with E-state index in [2.05, 4.69) is 0 Å². The van der Waals surface area contributed by atoms with Crippen molar-refractivity contribution in [2.75, 3.05) is 24.7 Å². The number of furan rings is 1. The Morgan fingerprint density at radius 1 is 1.00 bits per heavy atom. The molecule has 3 aromatic rings. The van der Waals surface area contributed by atoms with Crippen molar-refractivity contribution in [1.29, 1.82) is 0 Å². The first-order valence-electron chi connectivity index (χ1n) is 9.26. The predicted octanol–water partition coefficient (Wildman–Crippen LogP) is 4.18. The van der Waals surface area contributed by atoms with Gasteiger partial charge in [-0.05, 0) is 32.0 Å². The zero-order chi connectivity index (χ0) is 19.9. The smallest absolute Gasteiger partial charge is 0.375 e. The highest BCUT2D eigenvalue weighted by atomic mass is 16.5. The second kappa shape index (κ2) is 9.19. The number of fused-ring (bicyclic) bond motifs is 1. The molecular formula is C22H23NO5. The summed E-state index contributed by atoms with van der Waals surface area (Å²) in [5, 5.41) is 0.800. The lowest BCUT2D eigenvalue weighted by Crippen LogP contribution is -2.34. The van der Waals surface area contributed by atoms with Gasteiger partial charge in [-0.2, -0.15) is 0 Å². The van der Waals surface area contributed by atoms with Crippen molar-refractivity contribution in [3.63, 3.8) is 0 Å². The van der Waals surface area contributed by atoms with Crippen LogP contribution >= 0.6 is 0 Å². The number of carbonyl (C=O) groups excluding carboxylic acids is 2. The van der Waals surface area contributed by atoms with Gasteiger partial charge >= 0.3 is 5.97 Å². The van der Waals surface area contributed by atoms with Gasteiger partial charge in [0, 0.05) is 29.8 Å². The van der Waals surface area contributed by atoms with Crippen LogP contribution in [0.5, 0.6) is 0 Å². The van der Waals surface area contributed by atoms with Crippen LogP contribution in [0.2, 0.25) is 0 Å². The summed E-state index contributed by atoms with van der Waals surface area (Å²) >= 11 is 0. The van der Waals surface area contributed by atoms with E-state index in [-0.39, 0.29) is 24.9 Å². The van der Waals surface area contributed by atoms with Crippen LogP contribution < -0.4 is 4.90 Å². The molecule has 1 heterocycles. The number of benzene rings is 2. The maximum atomic E-state index is 12.6. The van der Waals surface area contributed by atoms with Gasteiger partial charge < -0.3 is 18.8 Å². The Balaban J connectivity index is 1.75. The van der Waals surface area contributed by atoms with Gasteiger partial charge in [0.25, 0.3) is 5.91 Å². The van der Waals surface area contributed by atoms with E-state index in [0.29, 0.717) is 24.3 Å². The number of likely N-dealkylation sites (N-methyl/N-ethyl adjacent to an activating group) is 1. The normalized spacial score (nSPS) is 10.8. The standard InChI is InChI=1S/C22H23NO5/c1-3-23(16-10-6-5-7-11-16)20(24)15-27-22(25)21-18(14-26-4-2)17-12-8-9-13-19(17)28-21/h5-13H,3-4,14-15H2,1-2H3. The van der Waals surface area contributed by atoms with E-state index in [4.69, 9.17) is 13.9 Å². The first-order chi connectivity index (χ1) is 13.7. The van der Waals surface area contributed by atoms with E-state index in [9.17, 15) is 9.59 Å². The predicted molar refractivity (Wildman–Crippen MR) is 106 cm³/mol. The summed E-state index contributed by atoms with van der Waals surface area (Å²) in [7, 11) is 0. The lowest BCUT2D eigenvalue weighted by atomic mass is 10.1. The van der Waals surface area contributed by atoms with Crippen molar-refractivity contribution < 1.29 is 23.5 Å². The Morgan fingerprint density at radius 2 is 1.71 bits per heavy atom. The minimum absolute atomic E-state index is 0.0743. The summed E-state index contributed by atoms with van der Waals surface area (Å²) in [6.45, 7) is 4.59. The lowest BCUT2D eigenvalue weighted by molar-refractivity contribution is -0.121. The number of esters is 1. The van der Waals surface area contributed by atoms with Crippen LogP contribution in [0.15, 0.2) is 59.0 Å². The molecule has 0 saturated carbocycles. The number of nitrogens with zero attached hydrogens (tertiary/aromatic N) is 1. The quantitative estimate of drug-likeness (QED) is 0.548. The summed E-state index contributed by atoms with van der Waals surface area (Å²) in [4.78, 5) is 26.7. The zero-order valence-corrected chi connectivity index (χ0v) is 16.0. The summed E-state index contributed by atoms with van der Waals surface area (Å²) in [6, 6.07) is 16.6. The van der Waals surface area contributed by atoms with Gasteiger partial charge in [-0.1, -0.05) is 36.4 Å². The monoisotopic (exact) mass is 381 g/mol. The summed E-state index contributed by atoms with van der Waals surface area (Å²) in [5.41, 5.74) is 1.96. The molecule has 1 aromatic heterocycles. The van der Waals surface area contributed by atoms with Crippen LogP contribution in [0.4, 0.5) is 5.69 Å². The van der Waals surface area contributed by atoms with Crippen molar-refractivity contribution in [3.05, 3.63) is 65.9 Å². The Morgan fingerprint density at radius 3 is 2.43 bits per heavy atom. The summed E-state index contributed by atoms with van der Waals surface area (Å²) in [5.74, 6) is -0.905. The molecule has 0 unspecified atom stereocenters. The van der Waals surface area contributed by atoms with E-state index in [1.165, 1.54) is 0 Å². The number of hydrogen-bond acceptors (Lipinski definition) is 5. The van der Waals surface area contributed by atoms with Gasteiger partial charge in [-0.25, -0.2) is 4.79 Å². The number of ether oxygens (including phenoxy) is 2. The van der Waals surface area contributed by atoms with E-state index in [1.807, 2.05) is 62.4 Å². The van der Waals surface area contributed by atoms with Gasteiger partial charge in [-0.3, -0.25) is 4.79 Å². The van der Waals surface area contributed by atoms with E-state index < -0.39 is 5.97 Å². The van der Waals surface area contributed by atoms with Crippen LogP contribution in [0.1, 0.15) is 30.0 Å². The lowest BCUT2D eigenvalue weighted by Gasteiger charge is -2.20. The summed E-state index contributed by atoms with van der Waals surface area (Å²) < 4.78 is 16.4. The number of para-hydroxylation sites is 2. The molecule has 146 valence electrons. The molecule has 0 aliphatic carbocycles. The average molecular weight is 381 g/mol. The molecule has 3 rings (SSSR count). The molecule has 0 saturated heterocycles. The molecule has 6 nitrogen and oxygen atoms in total. The molecule has 0 bridgehead atoms. The largest absolute Gasteiger partial charge is 0.450 e. The highest BCUT2D eigenvalue weighted by molar-refractivity contribution is 5.99. The first-order valence-corrected chi connectivity index (χ1v) is 9.26. The Bertz CT molecular complexity index is 948. The van der Waals surface area contributed by atoms with Crippen LogP contribution in [0.25, 0.3) is 11.0 Å². The van der Waals surface area contributed by atoms with Gasteiger partial charge in [0.15, 0.2) is 6.61 Å². The minimum Gasteiger partial charge on any atom is -0.450 e. The van der Waals surface area contributed by atoms with E-state index >= 15 is 0 Å². The molecule has 0 spiro atoms. The molecule has 1 amide bonds. The van der Waals surface area contributed by atoms with Crippen molar-refractivity contribution in [3.8, 4) is 0 Å². The number of rotatable bonds is 8. The Kier molecular flexibility index (Phi) is 6.45. The number of anilines is 1. The van der Waals surface area contributed by atoms with Crippen molar-refractivity contribution in [2.45, 2.75) is 20.5 Å². The molecule has 0 radical (unpaired) electrons. The van der Waals surface area contributed by atoms with E-state index in [1.54, 1.807) is 11.0 Å². The maximum absolute atomic E-state index is 12.6. The molecule has 0 aliphatic rings. The fourth-order valence-corrected chi connectivity index (χ4v) is 2.99.